The summed E-state index contributed by atoms with van der Waals surface area (Å²) in [4.78, 5) is 17.3. The number of hydrogen-bond donors (Lipinski definition) is 4. The maximum atomic E-state index is 12.3. The number of nitrogens with one attached hydrogen (secondary N) is 2. The molecule has 1 aromatic carbocycles. The summed E-state index contributed by atoms with van der Waals surface area (Å²) in [5.41, 5.74) is 1.71. The van der Waals surface area contributed by atoms with Gasteiger partial charge < -0.3 is 20.7 Å². The number of carbonyl (C=O) groups is 1. The molecule has 0 saturated carbocycles. The first-order valence-electron chi connectivity index (χ1n) is 7.31. The summed E-state index contributed by atoms with van der Waals surface area (Å²) in [6, 6.07) is 7.22. The van der Waals surface area contributed by atoms with Crippen LogP contribution in [0.25, 0.3) is 21.0 Å². The number of pyridine rings is 1. The average Bonchev–Trinajstić information content (AvgIpc) is 2.85. The molecule has 116 valence electrons. The number of thiophene rings is 1. The first kappa shape index (κ1) is 14.4. The molecule has 2 aromatic heterocycles. The Morgan fingerprint density at radius 2 is 2.13 bits per heavy atom. The maximum absolute atomic E-state index is 12.3. The molecule has 1 amide bonds. The van der Waals surface area contributed by atoms with Crippen LogP contribution in [-0.4, -0.2) is 40.6 Å². The molecule has 1 atom stereocenters. The van der Waals surface area contributed by atoms with Crippen molar-refractivity contribution < 1.29 is 14.8 Å². The third kappa shape index (κ3) is 2.26. The monoisotopic (exact) mass is 327 g/mol. The molecule has 1 aliphatic rings. The Balaban J connectivity index is 2.01. The predicted molar refractivity (Wildman–Crippen MR) is 92.4 cm³/mol. The summed E-state index contributed by atoms with van der Waals surface area (Å²) in [7, 11) is -1.60. The van der Waals surface area contributed by atoms with Gasteiger partial charge in [-0.3, -0.25) is 9.78 Å². The molecular weight excluding hydrogens is 313 g/mol. The van der Waals surface area contributed by atoms with E-state index in [0.29, 0.717) is 16.9 Å². The summed E-state index contributed by atoms with van der Waals surface area (Å²) < 4.78 is 0.999. The van der Waals surface area contributed by atoms with Gasteiger partial charge in [0, 0.05) is 28.1 Å². The highest BCUT2D eigenvalue weighted by molar-refractivity contribution is 7.21. The zero-order chi connectivity index (χ0) is 16.1. The summed E-state index contributed by atoms with van der Waals surface area (Å²) in [5, 5.41) is 26.7. The van der Waals surface area contributed by atoms with Crippen LogP contribution in [0.1, 0.15) is 16.6 Å². The van der Waals surface area contributed by atoms with Gasteiger partial charge in [-0.25, -0.2) is 0 Å². The van der Waals surface area contributed by atoms with Crippen LogP contribution in [0, 0.1) is 0 Å². The topological polar surface area (TPSA) is 94.5 Å². The van der Waals surface area contributed by atoms with Gasteiger partial charge in [-0.2, -0.15) is 0 Å². The Labute approximate surface area is 136 Å². The highest BCUT2D eigenvalue weighted by Gasteiger charge is 2.25. The van der Waals surface area contributed by atoms with Crippen molar-refractivity contribution in [2.75, 3.05) is 11.9 Å². The van der Waals surface area contributed by atoms with E-state index in [4.69, 9.17) is 0 Å². The van der Waals surface area contributed by atoms with Crippen molar-refractivity contribution in [2.45, 2.75) is 13.0 Å². The molecule has 6 nitrogen and oxygen atoms in total. The van der Waals surface area contributed by atoms with Crippen LogP contribution < -0.4 is 16.2 Å². The van der Waals surface area contributed by atoms with Crippen LogP contribution in [0.15, 0.2) is 24.3 Å². The number of benzene rings is 1. The second kappa shape index (κ2) is 5.19. The average molecular weight is 327 g/mol. The van der Waals surface area contributed by atoms with Gasteiger partial charge in [-0.1, -0.05) is 6.07 Å². The molecule has 0 spiro atoms. The van der Waals surface area contributed by atoms with Crippen molar-refractivity contribution in [3.8, 4) is 0 Å². The number of carbonyl (C=O) groups excluding carboxylic acids is 1. The molecule has 3 heterocycles. The second-order valence-corrected chi connectivity index (χ2v) is 6.73. The van der Waals surface area contributed by atoms with Crippen molar-refractivity contribution in [2.24, 2.45) is 0 Å². The summed E-state index contributed by atoms with van der Waals surface area (Å²) in [6.45, 7) is 2.61. The van der Waals surface area contributed by atoms with Gasteiger partial charge in [-0.05, 0) is 25.1 Å². The normalized spacial score (nSPS) is 17.5. The van der Waals surface area contributed by atoms with Crippen molar-refractivity contribution in [3.05, 3.63) is 29.1 Å². The van der Waals surface area contributed by atoms with Crippen LogP contribution in [0.5, 0.6) is 0 Å². The van der Waals surface area contributed by atoms with Gasteiger partial charge in [-0.15, -0.1) is 11.3 Å². The quantitative estimate of drug-likeness (QED) is 0.493. The molecule has 8 heteroatoms. The van der Waals surface area contributed by atoms with Crippen LogP contribution in [0.4, 0.5) is 5.69 Å². The Morgan fingerprint density at radius 3 is 2.91 bits per heavy atom. The van der Waals surface area contributed by atoms with E-state index >= 15 is 0 Å². The van der Waals surface area contributed by atoms with Crippen LogP contribution >= 0.6 is 11.3 Å². The van der Waals surface area contributed by atoms with E-state index in [1.54, 1.807) is 6.07 Å². The van der Waals surface area contributed by atoms with E-state index in [0.717, 1.165) is 21.2 Å². The minimum Gasteiger partial charge on any atom is -0.422 e. The van der Waals surface area contributed by atoms with Gasteiger partial charge in [0.25, 0.3) is 5.91 Å². The van der Waals surface area contributed by atoms with Gasteiger partial charge in [0.15, 0.2) is 0 Å². The minimum absolute atomic E-state index is 0.0568. The molecule has 0 saturated heterocycles. The van der Waals surface area contributed by atoms with Crippen molar-refractivity contribution in [1.29, 1.82) is 0 Å². The highest BCUT2D eigenvalue weighted by Crippen LogP contribution is 2.40. The molecule has 23 heavy (non-hydrogen) atoms. The molecule has 4 rings (SSSR count). The van der Waals surface area contributed by atoms with Crippen LogP contribution in [-0.2, 0) is 0 Å². The van der Waals surface area contributed by atoms with E-state index in [-0.39, 0.29) is 17.5 Å². The number of amides is 1. The number of nitrogens with zero attached hydrogens (tertiary/aromatic N) is 1. The van der Waals surface area contributed by atoms with Gasteiger partial charge in [0.2, 0.25) is 0 Å². The van der Waals surface area contributed by atoms with E-state index in [1.807, 2.05) is 25.1 Å². The molecule has 4 N–H and O–H groups in total. The Morgan fingerprint density at radius 1 is 1.30 bits per heavy atom. The molecule has 0 aliphatic carbocycles. The predicted octanol–water partition coefficient (Wildman–Crippen LogP) is 0.673. The lowest BCUT2D eigenvalue weighted by atomic mass is 9.85. The van der Waals surface area contributed by atoms with E-state index in [9.17, 15) is 14.8 Å². The Bertz CT molecular complexity index is 941. The summed E-state index contributed by atoms with van der Waals surface area (Å²) in [5.74, 6) is -0.0674. The van der Waals surface area contributed by atoms with Crippen LogP contribution in [0.2, 0.25) is 0 Å². The third-order valence-corrected chi connectivity index (χ3v) is 5.13. The number of aromatic nitrogens is 1. The molecular formula is C15H14BN3O3S. The molecule has 0 unspecified atom stereocenters. The molecule has 3 aromatic rings. The second-order valence-electron chi connectivity index (χ2n) is 5.68. The lowest BCUT2D eigenvalue weighted by Gasteiger charge is -2.10. The first-order chi connectivity index (χ1) is 11.0. The molecule has 0 bridgehead atoms. The Kier molecular flexibility index (Phi) is 3.26. The van der Waals surface area contributed by atoms with Crippen molar-refractivity contribution in [1.82, 2.24) is 10.3 Å². The lowest BCUT2D eigenvalue weighted by molar-refractivity contribution is 0.0949. The SMILES string of the molecule is C[C@@H]1CNc2c(sc3ccc4nc(B(O)O)ccc4c23)C(=O)N1. The molecule has 0 radical (unpaired) electrons. The fourth-order valence-electron chi connectivity index (χ4n) is 2.89. The van der Waals surface area contributed by atoms with E-state index in [2.05, 4.69) is 15.6 Å². The zero-order valence-corrected chi connectivity index (χ0v) is 13.1. The number of hydrogen-bond acceptors (Lipinski definition) is 6. The molecule has 0 fully saturated rings. The van der Waals surface area contributed by atoms with E-state index < -0.39 is 7.12 Å². The first-order valence-corrected chi connectivity index (χ1v) is 8.13. The number of fused-ring (bicyclic) bond motifs is 5. The summed E-state index contributed by atoms with van der Waals surface area (Å²) in [6.07, 6.45) is 0. The minimum atomic E-state index is -1.60. The number of anilines is 1. The fourth-order valence-corrected chi connectivity index (χ4v) is 3.98. The van der Waals surface area contributed by atoms with Crippen molar-refractivity contribution in [3.63, 3.8) is 0 Å². The summed E-state index contributed by atoms with van der Waals surface area (Å²) >= 11 is 1.45. The van der Waals surface area contributed by atoms with Crippen molar-refractivity contribution >= 4 is 56.6 Å². The smallest absolute Gasteiger partial charge is 0.422 e. The zero-order valence-electron chi connectivity index (χ0n) is 12.3. The molecule has 1 aliphatic heterocycles. The standard InChI is InChI=1S/C15H14BN3O3S/c1-7-6-17-13-12-8-2-5-11(16(21)22)19-9(8)3-4-10(12)23-14(13)15(20)18-7/h2-5,7,17,21-22H,6H2,1H3,(H,18,20)/t7-/m1/s1. The highest BCUT2D eigenvalue weighted by atomic mass is 32.1. The largest absolute Gasteiger partial charge is 0.508 e. The Hall–Kier alpha value is -2.16. The van der Waals surface area contributed by atoms with E-state index in [1.165, 1.54) is 11.3 Å². The third-order valence-electron chi connectivity index (χ3n) is 3.98. The lowest BCUT2D eigenvalue weighted by Crippen LogP contribution is -2.34. The van der Waals surface area contributed by atoms with Gasteiger partial charge >= 0.3 is 7.12 Å². The van der Waals surface area contributed by atoms with Crippen LogP contribution in [0.3, 0.4) is 0 Å². The maximum Gasteiger partial charge on any atom is 0.508 e. The van der Waals surface area contributed by atoms with Gasteiger partial charge in [0.05, 0.1) is 16.8 Å². The fraction of sp³-hybridized carbons (Fsp3) is 0.200. The van der Waals surface area contributed by atoms with Gasteiger partial charge in [0.1, 0.15) is 4.88 Å². The number of rotatable bonds is 1.